The number of β-amino-alcohol motifs (C(OH)–C–C–N with tert-alkyl or cyclic N) is 1. The molecular formula is C14H15NO3. The highest BCUT2D eigenvalue weighted by Crippen LogP contribution is 2.27. The van der Waals surface area contributed by atoms with Gasteiger partial charge in [0.15, 0.2) is 0 Å². The van der Waals surface area contributed by atoms with Gasteiger partial charge in [-0.15, -0.1) is 0 Å². The lowest BCUT2D eigenvalue weighted by molar-refractivity contribution is 0.154. The summed E-state index contributed by atoms with van der Waals surface area (Å²) in [4.78, 5) is 13.6. The number of fused-ring (bicyclic) bond motifs is 1. The predicted octanol–water partition coefficient (Wildman–Crippen LogP) is 1.75. The second-order valence-electron chi connectivity index (χ2n) is 4.69. The summed E-state index contributed by atoms with van der Waals surface area (Å²) >= 11 is 0. The van der Waals surface area contributed by atoms with E-state index in [0.29, 0.717) is 12.1 Å². The van der Waals surface area contributed by atoms with Gasteiger partial charge in [0.1, 0.15) is 5.58 Å². The highest BCUT2D eigenvalue weighted by molar-refractivity contribution is 5.90. The quantitative estimate of drug-likeness (QED) is 0.778. The number of piperidine rings is 1. The van der Waals surface area contributed by atoms with Crippen molar-refractivity contribution in [2.45, 2.75) is 18.9 Å². The molecule has 4 heteroatoms. The zero-order chi connectivity index (χ0) is 12.5. The van der Waals surface area contributed by atoms with Crippen LogP contribution >= 0.6 is 0 Å². The van der Waals surface area contributed by atoms with Crippen molar-refractivity contribution in [3.63, 3.8) is 0 Å². The van der Waals surface area contributed by atoms with E-state index in [1.165, 1.54) is 6.07 Å². The Morgan fingerprint density at radius 2 is 2.17 bits per heavy atom. The maximum absolute atomic E-state index is 11.6. The van der Waals surface area contributed by atoms with E-state index in [1.807, 2.05) is 18.2 Å². The first kappa shape index (κ1) is 11.3. The number of benzene rings is 1. The molecule has 1 aliphatic heterocycles. The summed E-state index contributed by atoms with van der Waals surface area (Å²) in [5.74, 6) is 0. The van der Waals surface area contributed by atoms with Gasteiger partial charge in [-0.25, -0.2) is 4.79 Å². The van der Waals surface area contributed by atoms with Crippen LogP contribution in [-0.2, 0) is 0 Å². The fourth-order valence-corrected chi connectivity index (χ4v) is 2.53. The predicted molar refractivity (Wildman–Crippen MR) is 69.9 cm³/mol. The van der Waals surface area contributed by atoms with Gasteiger partial charge >= 0.3 is 5.63 Å². The molecule has 1 atom stereocenters. The van der Waals surface area contributed by atoms with E-state index in [4.69, 9.17) is 4.42 Å². The number of aliphatic hydroxyl groups is 1. The lowest BCUT2D eigenvalue weighted by Gasteiger charge is -2.32. The number of hydrogen-bond donors (Lipinski definition) is 1. The molecular weight excluding hydrogens is 230 g/mol. The van der Waals surface area contributed by atoms with Crippen LogP contribution in [0.25, 0.3) is 11.0 Å². The van der Waals surface area contributed by atoms with Crippen LogP contribution in [0.1, 0.15) is 12.8 Å². The third kappa shape index (κ3) is 1.99. The molecule has 1 N–H and O–H groups in total. The van der Waals surface area contributed by atoms with Crippen molar-refractivity contribution in [2.24, 2.45) is 0 Å². The van der Waals surface area contributed by atoms with E-state index in [0.717, 1.165) is 30.5 Å². The molecule has 94 valence electrons. The van der Waals surface area contributed by atoms with Gasteiger partial charge in [-0.1, -0.05) is 12.1 Å². The molecule has 1 aromatic heterocycles. The first-order valence-electron chi connectivity index (χ1n) is 6.20. The van der Waals surface area contributed by atoms with Crippen LogP contribution < -0.4 is 10.5 Å². The van der Waals surface area contributed by atoms with Gasteiger partial charge in [0.05, 0.1) is 11.8 Å². The zero-order valence-electron chi connectivity index (χ0n) is 10.0. The number of para-hydroxylation sites is 1. The van der Waals surface area contributed by atoms with Crippen molar-refractivity contribution in [1.82, 2.24) is 0 Å². The average molecular weight is 245 g/mol. The molecule has 0 spiro atoms. The van der Waals surface area contributed by atoms with Gasteiger partial charge in [-0.3, -0.25) is 0 Å². The van der Waals surface area contributed by atoms with Crippen LogP contribution in [0.15, 0.2) is 39.5 Å². The molecule has 18 heavy (non-hydrogen) atoms. The summed E-state index contributed by atoms with van der Waals surface area (Å²) in [6.07, 6.45) is 1.45. The lowest BCUT2D eigenvalue weighted by atomic mass is 10.1. The third-order valence-corrected chi connectivity index (χ3v) is 3.37. The van der Waals surface area contributed by atoms with Crippen LogP contribution in [0.5, 0.6) is 0 Å². The second-order valence-corrected chi connectivity index (χ2v) is 4.69. The van der Waals surface area contributed by atoms with Crippen molar-refractivity contribution >= 4 is 16.7 Å². The average Bonchev–Trinajstić information content (AvgIpc) is 2.37. The largest absolute Gasteiger partial charge is 0.423 e. The molecule has 0 amide bonds. The Morgan fingerprint density at radius 3 is 3.00 bits per heavy atom. The molecule has 2 aromatic rings. The Morgan fingerprint density at radius 1 is 1.33 bits per heavy atom. The Kier molecular flexibility index (Phi) is 2.80. The second kappa shape index (κ2) is 4.46. The third-order valence-electron chi connectivity index (χ3n) is 3.37. The fourth-order valence-electron chi connectivity index (χ4n) is 2.53. The normalized spacial score (nSPS) is 20.3. The SMILES string of the molecule is O=c1cc(N2CCC[C@@H](O)C2)c2ccccc2o1. The molecule has 0 unspecified atom stereocenters. The zero-order valence-corrected chi connectivity index (χ0v) is 10.0. The maximum atomic E-state index is 11.6. The Labute approximate surface area is 104 Å². The lowest BCUT2D eigenvalue weighted by Crippen LogP contribution is -2.38. The molecule has 1 saturated heterocycles. The van der Waals surface area contributed by atoms with E-state index >= 15 is 0 Å². The van der Waals surface area contributed by atoms with Crippen molar-refractivity contribution in [3.05, 3.63) is 40.8 Å². The highest BCUT2D eigenvalue weighted by atomic mass is 16.4. The van der Waals surface area contributed by atoms with E-state index in [2.05, 4.69) is 4.90 Å². The minimum atomic E-state index is -0.344. The van der Waals surface area contributed by atoms with E-state index in [9.17, 15) is 9.90 Å². The summed E-state index contributed by atoms with van der Waals surface area (Å²) in [5.41, 5.74) is 1.12. The molecule has 3 rings (SSSR count). The van der Waals surface area contributed by atoms with Gasteiger partial charge < -0.3 is 14.4 Å². The van der Waals surface area contributed by atoms with Gasteiger partial charge in [0.25, 0.3) is 0 Å². The first-order chi connectivity index (χ1) is 8.74. The maximum Gasteiger partial charge on any atom is 0.338 e. The van der Waals surface area contributed by atoms with Crippen LogP contribution in [0, 0.1) is 0 Å². The number of rotatable bonds is 1. The van der Waals surface area contributed by atoms with Crippen LogP contribution in [0.2, 0.25) is 0 Å². The van der Waals surface area contributed by atoms with Crippen molar-refractivity contribution < 1.29 is 9.52 Å². The molecule has 0 radical (unpaired) electrons. The first-order valence-corrected chi connectivity index (χ1v) is 6.20. The molecule has 1 aliphatic rings. The van der Waals surface area contributed by atoms with Crippen molar-refractivity contribution in [2.75, 3.05) is 18.0 Å². The molecule has 2 heterocycles. The van der Waals surface area contributed by atoms with Crippen LogP contribution in [-0.4, -0.2) is 24.3 Å². The molecule has 1 aromatic carbocycles. The summed E-state index contributed by atoms with van der Waals surface area (Å²) in [6.45, 7) is 1.44. The molecule has 0 saturated carbocycles. The fraction of sp³-hybridized carbons (Fsp3) is 0.357. The smallest absolute Gasteiger partial charge is 0.338 e. The minimum Gasteiger partial charge on any atom is -0.423 e. The monoisotopic (exact) mass is 245 g/mol. The van der Waals surface area contributed by atoms with E-state index in [1.54, 1.807) is 6.07 Å². The standard InChI is InChI=1S/C14H15NO3/c16-10-4-3-7-15(9-10)12-8-14(17)18-13-6-2-1-5-11(12)13/h1-2,5-6,8,10,16H,3-4,7,9H2/t10-/m1/s1. The number of aliphatic hydroxyl groups excluding tert-OH is 1. The molecule has 4 nitrogen and oxygen atoms in total. The topological polar surface area (TPSA) is 53.7 Å². The molecule has 1 fully saturated rings. The minimum absolute atomic E-state index is 0.315. The number of anilines is 1. The van der Waals surface area contributed by atoms with E-state index in [-0.39, 0.29) is 11.7 Å². The van der Waals surface area contributed by atoms with E-state index < -0.39 is 0 Å². The Balaban J connectivity index is 2.12. The molecule has 0 aliphatic carbocycles. The summed E-state index contributed by atoms with van der Waals surface area (Å²) < 4.78 is 5.18. The summed E-state index contributed by atoms with van der Waals surface area (Å²) in [5, 5.41) is 10.7. The Hall–Kier alpha value is -1.81. The summed E-state index contributed by atoms with van der Waals surface area (Å²) in [7, 11) is 0. The highest BCUT2D eigenvalue weighted by Gasteiger charge is 2.20. The molecule has 0 bridgehead atoms. The van der Waals surface area contributed by atoms with Gasteiger partial charge in [0, 0.05) is 24.5 Å². The van der Waals surface area contributed by atoms with Crippen LogP contribution in [0.4, 0.5) is 5.69 Å². The van der Waals surface area contributed by atoms with Gasteiger partial charge in [-0.05, 0) is 25.0 Å². The number of hydrogen-bond acceptors (Lipinski definition) is 4. The summed E-state index contributed by atoms with van der Waals surface area (Å²) in [6, 6.07) is 9.02. The van der Waals surface area contributed by atoms with Gasteiger partial charge in [-0.2, -0.15) is 0 Å². The van der Waals surface area contributed by atoms with Crippen molar-refractivity contribution in [3.8, 4) is 0 Å². The van der Waals surface area contributed by atoms with Crippen LogP contribution in [0.3, 0.4) is 0 Å². The van der Waals surface area contributed by atoms with Crippen molar-refractivity contribution in [1.29, 1.82) is 0 Å². The van der Waals surface area contributed by atoms with Gasteiger partial charge in [0.2, 0.25) is 0 Å². The number of nitrogens with zero attached hydrogens (tertiary/aromatic N) is 1. The Bertz CT molecular complexity index is 620.